The molecule has 2 aromatic rings. The summed E-state index contributed by atoms with van der Waals surface area (Å²) in [5.41, 5.74) is 3.94. The van der Waals surface area contributed by atoms with Crippen molar-refractivity contribution >= 4 is 5.69 Å². The fourth-order valence-corrected chi connectivity index (χ4v) is 4.83. The Morgan fingerprint density at radius 1 is 0.900 bits per heavy atom. The molecule has 3 nitrogen and oxygen atoms in total. The third-order valence-electron chi connectivity index (χ3n) is 6.40. The van der Waals surface area contributed by atoms with Crippen LogP contribution in [0.15, 0.2) is 54.6 Å². The van der Waals surface area contributed by atoms with Crippen molar-refractivity contribution in [1.82, 2.24) is 0 Å². The quantitative estimate of drug-likeness (QED) is 0.333. The van der Waals surface area contributed by atoms with Gasteiger partial charge in [-0.1, -0.05) is 56.9 Å². The van der Waals surface area contributed by atoms with E-state index in [0.29, 0.717) is 24.5 Å². The molecule has 1 aliphatic heterocycles. The lowest BCUT2D eigenvalue weighted by Crippen LogP contribution is -2.29. The molecule has 3 unspecified atom stereocenters. The van der Waals surface area contributed by atoms with Gasteiger partial charge in [0.2, 0.25) is 0 Å². The molecule has 30 heavy (non-hydrogen) atoms. The van der Waals surface area contributed by atoms with Crippen LogP contribution in [-0.2, 0) is 0 Å². The standard InChI is InChI=1S/C27H35NO2/c1-3-5-6-7-8-18-30-22-16-17-26-25(19-22)23-10-9-11-24(23)27(28-26)20-12-14-21(15-13-20)29-4-2/h9-10,12-17,19,23-24,27-28H,3-8,11,18H2,1-2H3. The number of allylic oxidation sites excluding steroid dienone is 2. The third-order valence-corrected chi connectivity index (χ3v) is 6.40. The van der Waals surface area contributed by atoms with Gasteiger partial charge in [-0.15, -0.1) is 0 Å². The second-order valence-corrected chi connectivity index (χ2v) is 8.49. The number of benzene rings is 2. The second-order valence-electron chi connectivity index (χ2n) is 8.49. The molecule has 2 aromatic carbocycles. The van der Waals surface area contributed by atoms with Crippen LogP contribution in [-0.4, -0.2) is 13.2 Å². The highest BCUT2D eigenvalue weighted by Crippen LogP contribution is 2.50. The average Bonchev–Trinajstić information content (AvgIpc) is 3.27. The van der Waals surface area contributed by atoms with Crippen molar-refractivity contribution in [2.75, 3.05) is 18.5 Å². The van der Waals surface area contributed by atoms with Gasteiger partial charge >= 0.3 is 0 Å². The first-order valence-electron chi connectivity index (χ1n) is 11.7. The van der Waals surface area contributed by atoms with E-state index in [0.717, 1.165) is 30.9 Å². The van der Waals surface area contributed by atoms with Gasteiger partial charge in [0, 0.05) is 11.6 Å². The molecule has 0 radical (unpaired) electrons. The van der Waals surface area contributed by atoms with Crippen LogP contribution in [0.25, 0.3) is 0 Å². The Labute approximate surface area is 181 Å². The maximum Gasteiger partial charge on any atom is 0.119 e. The molecule has 0 saturated heterocycles. The topological polar surface area (TPSA) is 30.5 Å². The molecule has 1 heterocycles. The van der Waals surface area contributed by atoms with Crippen molar-refractivity contribution in [3.8, 4) is 11.5 Å². The summed E-state index contributed by atoms with van der Waals surface area (Å²) >= 11 is 0. The highest BCUT2D eigenvalue weighted by atomic mass is 16.5. The molecule has 3 heteroatoms. The maximum absolute atomic E-state index is 6.08. The SMILES string of the molecule is CCCCCCCOc1ccc2c(c1)C1C=CCC1C(c1ccc(OCC)cc1)N2. The van der Waals surface area contributed by atoms with Crippen molar-refractivity contribution in [3.05, 3.63) is 65.7 Å². The predicted octanol–water partition coefficient (Wildman–Crippen LogP) is 7.26. The number of nitrogens with one attached hydrogen (secondary N) is 1. The minimum absolute atomic E-state index is 0.318. The molecule has 0 aromatic heterocycles. The number of hydrogen-bond acceptors (Lipinski definition) is 3. The van der Waals surface area contributed by atoms with Crippen LogP contribution in [0.4, 0.5) is 5.69 Å². The zero-order valence-corrected chi connectivity index (χ0v) is 18.4. The van der Waals surface area contributed by atoms with Crippen LogP contribution in [0.2, 0.25) is 0 Å². The molecule has 1 N–H and O–H groups in total. The van der Waals surface area contributed by atoms with Crippen molar-refractivity contribution in [3.63, 3.8) is 0 Å². The molecule has 1 aliphatic carbocycles. The van der Waals surface area contributed by atoms with E-state index in [4.69, 9.17) is 9.47 Å². The van der Waals surface area contributed by atoms with Crippen LogP contribution < -0.4 is 14.8 Å². The second kappa shape index (κ2) is 10.1. The van der Waals surface area contributed by atoms with E-state index in [2.05, 4.69) is 66.9 Å². The molecule has 160 valence electrons. The number of hydrogen-bond donors (Lipinski definition) is 1. The number of fused-ring (bicyclic) bond motifs is 3. The Hall–Kier alpha value is -2.42. The lowest BCUT2D eigenvalue weighted by atomic mass is 9.77. The van der Waals surface area contributed by atoms with Crippen molar-refractivity contribution in [2.45, 2.75) is 64.3 Å². The predicted molar refractivity (Wildman–Crippen MR) is 125 cm³/mol. The van der Waals surface area contributed by atoms with Gasteiger partial charge in [0.25, 0.3) is 0 Å². The van der Waals surface area contributed by atoms with Gasteiger partial charge in [0.05, 0.1) is 19.3 Å². The Morgan fingerprint density at radius 3 is 2.50 bits per heavy atom. The number of rotatable bonds is 10. The first-order chi connectivity index (χ1) is 14.8. The Balaban J connectivity index is 1.45. The summed E-state index contributed by atoms with van der Waals surface area (Å²) in [4.78, 5) is 0. The van der Waals surface area contributed by atoms with Gasteiger partial charge in [0.1, 0.15) is 11.5 Å². The highest BCUT2D eigenvalue weighted by Gasteiger charge is 2.38. The van der Waals surface area contributed by atoms with Crippen molar-refractivity contribution < 1.29 is 9.47 Å². The van der Waals surface area contributed by atoms with Gasteiger partial charge in [0.15, 0.2) is 0 Å². The molecule has 0 spiro atoms. The number of anilines is 1. The minimum Gasteiger partial charge on any atom is -0.494 e. The zero-order valence-electron chi connectivity index (χ0n) is 18.4. The third kappa shape index (κ3) is 4.66. The summed E-state index contributed by atoms with van der Waals surface area (Å²) in [7, 11) is 0. The molecular weight excluding hydrogens is 370 g/mol. The fraction of sp³-hybridized carbons (Fsp3) is 0.481. The van der Waals surface area contributed by atoms with E-state index >= 15 is 0 Å². The van der Waals surface area contributed by atoms with Crippen molar-refractivity contribution in [2.24, 2.45) is 5.92 Å². The van der Waals surface area contributed by atoms with Gasteiger partial charge in [-0.2, -0.15) is 0 Å². The average molecular weight is 406 g/mol. The van der Waals surface area contributed by atoms with E-state index < -0.39 is 0 Å². The van der Waals surface area contributed by atoms with Crippen LogP contribution in [0.3, 0.4) is 0 Å². The molecule has 0 bridgehead atoms. The zero-order chi connectivity index (χ0) is 20.8. The van der Waals surface area contributed by atoms with Crippen LogP contribution in [0.1, 0.15) is 75.5 Å². The molecule has 4 rings (SSSR count). The van der Waals surface area contributed by atoms with E-state index in [1.165, 1.54) is 42.5 Å². The van der Waals surface area contributed by atoms with Gasteiger partial charge in [-0.3, -0.25) is 0 Å². The first-order valence-corrected chi connectivity index (χ1v) is 11.7. The molecule has 3 atom stereocenters. The van der Waals surface area contributed by atoms with Crippen molar-refractivity contribution in [1.29, 1.82) is 0 Å². The number of ether oxygens (including phenoxy) is 2. The summed E-state index contributed by atoms with van der Waals surface area (Å²) < 4.78 is 11.7. The highest BCUT2D eigenvalue weighted by molar-refractivity contribution is 5.61. The Kier molecular flexibility index (Phi) is 6.99. The van der Waals surface area contributed by atoms with Crippen LogP contribution in [0.5, 0.6) is 11.5 Å². The smallest absolute Gasteiger partial charge is 0.119 e. The van der Waals surface area contributed by atoms with Crippen LogP contribution in [0, 0.1) is 5.92 Å². The fourth-order valence-electron chi connectivity index (χ4n) is 4.83. The molecule has 0 amide bonds. The van der Waals surface area contributed by atoms with Gasteiger partial charge < -0.3 is 14.8 Å². The monoisotopic (exact) mass is 405 g/mol. The van der Waals surface area contributed by atoms with Gasteiger partial charge in [-0.05, 0) is 67.1 Å². The van der Waals surface area contributed by atoms with E-state index in [1.54, 1.807) is 0 Å². The largest absolute Gasteiger partial charge is 0.494 e. The van der Waals surface area contributed by atoms with Crippen LogP contribution >= 0.6 is 0 Å². The lowest BCUT2D eigenvalue weighted by molar-refractivity contribution is 0.303. The minimum atomic E-state index is 0.318. The summed E-state index contributed by atoms with van der Waals surface area (Å²) in [6.07, 6.45) is 12.2. The Morgan fingerprint density at radius 2 is 1.70 bits per heavy atom. The summed E-state index contributed by atoms with van der Waals surface area (Å²) in [6.45, 7) is 5.79. The molecule has 0 saturated carbocycles. The molecular formula is C27H35NO2. The van der Waals surface area contributed by atoms with E-state index in [9.17, 15) is 0 Å². The summed E-state index contributed by atoms with van der Waals surface area (Å²) in [6, 6.07) is 15.5. The normalized spacial score (nSPS) is 21.6. The first kappa shape index (κ1) is 20.8. The number of unbranched alkanes of at least 4 members (excludes halogenated alkanes) is 4. The van der Waals surface area contributed by atoms with E-state index in [-0.39, 0.29) is 0 Å². The Bertz CT molecular complexity index is 842. The molecule has 0 fully saturated rings. The summed E-state index contributed by atoms with van der Waals surface area (Å²) in [5, 5.41) is 3.82. The van der Waals surface area contributed by atoms with Gasteiger partial charge in [-0.25, -0.2) is 0 Å². The molecule has 2 aliphatic rings. The summed E-state index contributed by atoms with van der Waals surface area (Å²) in [5.74, 6) is 2.94. The lowest BCUT2D eigenvalue weighted by Gasteiger charge is -2.37. The maximum atomic E-state index is 6.08. The van der Waals surface area contributed by atoms with E-state index in [1.807, 2.05) is 6.92 Å².